The Morgan fingerprint density at radius 1 is 1.25 bits per heavy atom. The fourth-order valence-electron chi connectivity index (χ4n) is 6.28. The minimum Gasteiger partial charge on any atom is -0.477 e. The first-order chi connectivity index (χ1) is 19.1. The molecule has 5 N–H and O–H groups in total. The van der Waals surface area contributed by atoms with E-state index in [1.807, 2.05) is 0 Å². The number of carboxylic acids is 1. The van der Waals surface area contributed by atoms with E-state index in [0.717, 1.165) is 18.9 Å². The van der Waals surface area contributed by atoms with Gasteiger partial charge in [0.15, 0.2) is 11.6 Å². The van der Waals surface area contributed by atoms with E-state index >= 15 is 4.39 Å². The van der Waals surface area contributed by atoms with E-state index in [0.29, 0.717) is 57.8 Å². The van der Waals surface area contributed by atoms with Gasteiger partial charge in [-0.3, -0.25) is 4.79 Å². The SMILES string of the molecule is CNc1cc(F)c(F)c2c1[nH]c1ncc(-c3cnc4c(c3)c(=O)c(C(=O)O)cn4C)c(N3CCC4(CC4N)C3)c12. The first-order valence-corrected chi connectivity index (χ1v) is 12.9. The molecule has 5 heterocycles. The summed E-state index contributed by atoms with van der Waals surface area (Å²) < 4.78 is 31.8. The Labute approximate surface area is 225 Å². The number of hydrogen-bond donors (Lipinski definition) is 4. The lowest BCUT2D eigenvalue weighted by molar-refractivity contribution is 0.0695. The number of nitrogens with two attached hydrogens (primary N) is 1. The number of benzene rings is 1. The van der Waals surface area contributed by atoms with Crippen LogP contribution in [0.5, 0.6) is 0 Å². The monoisotopic (exact) mass is 545 g/mol. The van der Waals surface area contributed by atoms with E-state index in [-0.39, 0.29) is 27.8 Å². The molecule has 2 fully saturated rings. The van der Waals surface area contributed by atoms with Crippen LogP contribution in [0.25, 0.3) is 44.1 Å². The summed E-state index contributed by atoms with van der Waals surface area (Å²) in [5.74, 6) is -3.32. The molecule has 1 saturated carbocycles. The molecule has 1 saturated heterocycles. The highest BCUT2D eigenvalue weighted by molar-refractivity contribution is 6.18. The third-order valence-electron chi connectivity index (χ3n) is 8.54. The van der Waals surface area contributed by atoms with Gasteiger partial charge >= 0.3 is 5.97 Å². The number of rotatable bonds is 4. The zero-order valence-corrected chi connectivity index (χ0v) is 21.7. The van der Waals surface area contributed by atoms with Gasteiger partial charge in [0.25, 0.3) is 0 Å². The topological polar surface area (TPSA) is 142 Å². The van der Waals surface area contributed by atoms with Crippen molar-refractivity contribution in [3.05, 3.63) is 58.1 Å². The van der Waals surface area contributed by atoms with Crippen LogP contribution in [0.3, 0.4) is 0 Å². The van der Waals surface area contributed by atoms with E-state index in [1.54, 1.807) is 32.6 Å². The molecule has 12 heteroatoms. The zero-order valence-electron chi connectivity index (χ0n) is 21.7. The van der Waals surface area contributed by atoms with Crippen molar-refractivity contribution in [2.75, 3.05) is 30.4 Å². The van der Waals surface area contributed by atoms with Crippen molar-refractivity contribution >= 4 is 50.3 Å². The molecule has 0 radical (unpaired) electrons. The molecule has 1 aliphatic carbocycles. The van der Waals surface area contributed by atoms with Crippen LogP contribution in [0.2, 0.25) is 0 Å². The van der Waals surface area contributed by atoms with Gasteiger partial charge in [-0.15, -0.1) is 0 Å². The summed E-state index contributed by atoms with van der Waals surface area (Å²) in [7, 11) is 3.24. The van der Waals surface area contributed by atoms with Crippen LogP contribution < -0.4 is 21.4 Å². The lowest BCUT2D eigenvalue weighted by Gasteiger charge is -2.24. The van der Waals surface area contributed by atoms with Crippen molar-refractivity contribution in [1.82, 2.24) is 19.5 Å². The molecule has 1 spiro atoms. The van der Waals surface area contributed by atoms with E-state index in [1.165, 1.54) is 10.8 Å². The van der Waals surface area contributed by atoms with Crippen LogP contribution in [-0.2, 0) is 7.05 Å². The fraction of sp³-hybridized carbons (Fsp3) is 0.286. The molecule has 204 valence electrons. The maximum Gasteiger partial charge on any atom is 0.341 e. The molecule has 10 nitrogen and oxygen atoms in total. The smallest absolute Gasteiger partial charge is 0.341 e. The number of pyridine rings is 3. The van der Waals surface area contributed by atoms with Crippen molar-refractivity contribution in [2.24, 2.45) is 18.2 Å². The second-order valence-corrected chi connectivity index (χ2v) is 10.8. The summed E-state index contributed by atoms with van der Waals surface area (Å²) in [4.78, 5) is 39.1. The van der Waals surface area contributed by atoms with Gasteiger partial charge < -0.3 is 30.6 Å². The molecule has 1 aromatic carbocycles. The standard InChI is InChI=1S/C28H25F2N7O3/c1-32-17-6-16(29)21(30)19-20-23(37-4-3-28(11-37)7-18(28)31)14(9-33-25(20)35-22(17)19)12-5-13-24(38)15(27(39)40)10-36(2)26(13)34-8-12/h5-6,8-10,18,32H,3-4,7,11,31H2,1-2H3,(H,33,35)(H,39,40). The number of halogens is 2. The lowest BCUT2D eigenvalue weighted by atomic mass is 10.0. The van der Waals surface area contributed by atoms with Gasteiger partial charge in [0, 0.05) is 74.4 Å². The molecular formula is C28H25F2N7O3. The number of aromatic amines is 1. The molecule has 0 amide bonds. The van der Waals surface area contributed by atoms with Crippen LogP contribution in [0.1, 0.15) is 23.2 Å². The Kier molecular flexibility index (Phi) is 5.02. The van der Waals surface area contributed by atoms with E-state index < -0.39 is 23.0 Å². The molecule has 7 rings (SSSR count). The van der Waals surface area contributed by atoms with Gasteiger partial charge in [0.2, 0.25) is 5.43 Å². The average molecular weight is 546 g/mol. The number of carbonyl (C=O) groups is 1. The van der Waals surface area contributed by atoms with Gasteiger partial charge in [0.1, 0.15) is 16.9 Å². The predicted molar refractivity (Wildman–Crippen MR) is 148 cm³/mol. The first kappa shape index (κ1) is 24.5. The van der Waals surface area contributed by atoms with Crippen molar-refractivity contribution in [3.63, 3.8) is 0 Å². The Balaban J connectivity index is 1.56. The minimum absolute atomic E-state index is 0.0349. The molecule has 1 aliphatic heterocycles. The molecule has 2 aliphatic rings. The highest BCUT2D eigenvalue weighted by atomic mass is 19.2. The van der Waals surface area contributed by atoms with Crippen LogP contribution in [-0.4, -0.2) is 56.8 Å². The van der Waals surface area contributed by atoms with Crippen LogP contribution in [0.15, 0.2) is 35.5 Å². The first-order valence-electron chi connectivity index (χ1n) is 12.9. The Morgan fingerprint density at radius 2 is 2.02 bits per heavy atom. The quantitative estimate of drug-likeness (QED) is 0.269. The molecule has 2 unspecified atom stereocenters. The summed E-state index contributed by atoms with van der Waals surface area (Å²) in [5, 5.41) is 13.1. The number of aromatic nitrogens is 4. The third kappa shape index (κ3) is 3.28. The Morgan fingerprint density at radius 3 is 2.70 bits per heavy atom. The van der Waals surface area contributed by atoms with Gasteiger partial charge in [-0.2, -0.15) is 0 Å². The fourth-order valence-corrected chi connectivity index (χ4v) is 6.28. The maximum atomic E-state index is 15.5. The number of nitrogens with zero attached hydrogens (tertiary/aromatic N) is 4. The summed E-state index contributed by atoms with van der Waals surface area (Å²) in [6, 6.07) is 2.76. The van der Waals surface area contributed by atoms with Crippen LogP contribution in [0, 0.1) is 17.0 Å². The summed E-state index contributed by atoms with van der Waals surface area (Å²) in [6.07, 6.45) is 6.18. The summed E-state index contributed by atoms with van der Waals surface area (Å²) >= 11 is 0. The molecular weight excluding hydrogens is 520 g/mol. The number of aryl methyl sites for hydroxylation is 1. The lowest BCUT2D eigenvalue weighted by Crippen LogP contribution is -2.24. The highest BCUT2D eigenvalue weighted by Crippen LogP contribution is 2.54. The Bertz CT molecular complexity index is 1990. The average Bonchev–Trinajstić information content (AvgIpc) is 3.25. The largest absolute Gasteiger partial charge is 0.477 e. The second-order valence-electron chi connectivity index (χ2n) is 10.8. The maximum absolute atomic E-state index is 15.5. The van der Waals surface area contributed by atoms with Crippen molar-refractivity contribution < 1.29 is 18.7 Å². The Hall–Kier alpha value is -4.58. The molecule has 0 bridgehead atoms. The van der Waals surface area contributed by atoms with E-state index in [2.05, 4.69) is 25.2 Å². The molecule has 2 atom stereocenters. The number of hydrogen-bond acceptors (Lipinski definition) is 7. The molecule has 40 heavy (non-hydrogen) atoms. The van der Waals surface area contributed by atoms with Crippen molar-refractivity contribution in [2.45, 2.75) is 18.9 Å². The van der Waals surface area contributed by atoms with E-state index in [4.69, 9.17) is 5.73 Å². The molecule has 5 aromatic rings. The second kappa shape index (κ2) is 8.21. The number of nitrogens with one attached hydrogen (secondary N) is 2. The highest BCUT2D eigenvalue weighted by Gasteiger charge is 2.56. The van der Waals surface area contributed by atoms with Crippen LogP contribution >= 0.6 is 0 Å². The van der Waals surface area contributed by atoms with Gasteiger partial charge in [-0.1, -0.05) is 0 Å². The van der Waals surface area contributed by atoms with Crippen molar-refractivity contribution in [3.8, 4) is 11.1 Å². The number of fused-ring (bicyclic) bond motifs is 4. The summed E-state index contributed by atoms with van der Waals surface area (Å²) in [5.41, 5.74) is 8.39. The summed E-state index contributed by atoms with van der Waals surface area (Å²) in [6.45, 7) is 1.28. The minimum atomic E-state index is -1.34. The zero-order chi connectivity index (χ0) is 28.1. The number of aromatic carboxylic acids is 1. The third-order valence-corrected chi connectivity index (χ3v) is 8.54. The molecule has 4 aromatic heterocycles. The van der Waals surface area contributed by atoms with Gasteiger partial charge in [-0.05, 0) is 18.9 Å². The predicted octanol–water partition coefficient (Wildman–Crippen LogP) is 3.58. The normalized spacial score (nSPS) is 20.3. The van der Waals surface area contributed by atoms with Gasteiger partial charge in [-0.25, -0.2) is 23.5 Å². The number of anilines is 2. The van der Waals surface area contributed by atoms with E-state index in [9.17, 15) is 19.1 Å². The number of H-pyrrole nitrogens is 1. The number of carboxylic acid groups (broad SMARTS) is 1. The van der Waals surface area contributed by atoms with Crippen LogP contribution in [0.4, 0.5) is 20.2 Å². The van der Waals surface area contributed by atoms with Gasteiger partial charge in [0.05, 0.1) is 33.1 Å². The van der Waals surface area contributed by atoms with Crippen molar-refractivity contribution in [1.29, 1.82) is 0 Å².